The Morgan fingerprint density at radius 3 is 2.94 bits per heavy atom. The molecule has 0 spiro atoms. The highest BCUT2D eigenvalue weighted by atomic mass is 35.5. The van der Waals surface area contributed by atoms with E-state index in [-0.39, 0.29) is 6.04 Å². The summed E-state index contributed by atoms with van der Waals surface area (Å²) in [6.07, 6.45) is 1.81. The second kappa shape index (κ2) is 5.43. The first-order chi connectivity index (χ1) is 7.75. The van der Waals surface area contributed by atoms with E-state index in [9.17, 15) is 0 Å². The highest BCUT2D eigenvalue weighted by Gasteiger charge is 2.05. The molecule has 0 saturated carbocycles. The molecule has 1 unspecified atom stereocenters. The van der Waals surface area contributed by atoms with Crippen LogP contribution in [0.4, 0.5) is 0 Å². The zero-order chi connectivity index (χ0) is 11.4. The van der Waals surface area contributed by atoms with Crippen LogP contribution >= 0.6 is 22.9 Å². The Morgan fingerprint density at radius 2 is 2.31 bits per heavy atom. The Labute approximate surface area is 104 Å². The van der Waals surface area contributed by atoms with Crippen molar-refractivity contribution in [3.63, 3.8) is 0 Å². The van der Waals surface area contributed by atoms with E-state index in [0.717, 1.165) is 12.1 Å². The molecule has 0 radical (unpaired) electrons. The van der Waals surface area contributed by atoms with Crippen molar-refractivity contribution in [2.45, 2.75) is 19.5 Å². The molecule has 2 aromatic heterocycles. The standard InChI is InChI=1S/C12H13ClN2S/c1-9(10-4-5-12(13)15-7-10)14-8-11-3-2-6-16-11/h2-7,9,14H,8H2,1H3. The van der Waals surface area contributed by atoms with Gasteiger partial charge in [-0.25, -0.2) is 4.98 Å². The van der Waals surface area contributed by atoms with Gasteiger partial charge in [-0.05, 0) is 30.0 Å². The Hall–Kier alpha value is -0.900. The molecule has 1 atom stereocenters. The van der Waals surface area contributed by atoms with Gasteiger partial charge in [0, 0.05) is 23.7 Å². The first-order valence-electron chi connectivity index (χ1n) is 5.13. The van der Waals surface area contributed by atoms with Gasteiger partial charge in [-0.15, -0.1) is 11.3 Å². The lowest BCUT2D eigenvalue weighted by atomic mass is 10.1. The predicted octanol–water partition coefficient (Wildman–Crippen LogP) is 3.65. The molecule has 0 aliphatic rings. The van der Waals surface area contributed by atoms with Crippen LogP contribution in [-0.4, -0.2) is 4.98 Å². The summed E-state index contributed by atoms with van der Waals surface area (Å²) in [5, 5.41) is 6.07. The van der Waals surface area contributed by atoms with Crippen molar-refractivity contribution in [1.82, 2.24) is 10.3 Å². The third-order valence-electron chi connectivity index (χ3n) is 2.41. The summed E-state index contributed by atoms with van der Waals surface area (Å²) in [4.78, 5) is 5.41. The fourth-order valence-electron chi connectivity index (χ4n) is 1.43. The van der Waals surface area contributed by atoms with Crippen LogP contribution < -0.4 is 5.32 Å². The molecule has 2 aromatic rings. The molecule has 0 bridgehead atoms. The lowest BCUT2D eigenvalue weighted by Crippen LogP contribution is -2.17. The molecule has 0 aromatic carbocycles. The quantitative estimate of drug-likeness (QED) is 0.841. The number of hydrogen-bond donors (Lipinski definition) is 1. The topological polar surface area (TPSA) is 24.9 Å². The van der Waals surface area contributed by atoms with Gasteiger partial charge in [0.05, 0.1) is 0 Å². The third kappa shape index (κ3) is 3.04. The number of nitrogens with one attached hydrogen (secondary N) is 1. The zero-order valence-corrected chi connectivity index (χ0v) is 10.6. The van der Waals surface area contributed by atoms with Gasteiger partial charge in [0.15, 0.2) is 0 Å². The number of halogens is 1. The van der Waals surface area contributed by atoms with E-state index in [4.69, 9.17) is 11.6 Å². The minimum Gasteiger partial charge on any atom is -0.305 e. The van der Waals surface area contributed by atoms with E-state index in [1.807, 2.05) is 18.3 Å². The smallest absolute Gasteiger partial charge is 0.129 e. The molecule has 0 fully saturated rings. The van der Waals surface area contributed by atoms with Crippen LogP contribution in [0.5, 0.6) is 0 Å². The minimum absolute atomic E-state index is 0.284. The summed E-state index contributed by atoms with van der Waals surface area (Å²) in [6.45, 7) is 3.01. The van der Waals surface area contributed by atoms with Crippen molar-refractivity contribution in [3.8, 4) is 0 Å². The Balaban J connectivity index is 1.93. The van der Waals surface area contributed by atoms with E-state index in [2.05, 4.69) is 34.7 Å². The lowest BCUT2D eigenvalue weighted by Gasteiger charge is -2.12. The Bertz CT molecular complexity index is 425. The number of hydrogen-bond acceptors (Lipinski definition) is 3. The average Bonchev–Trinajstić information content (AvgIpc) is 2.80. The molecule has 0 saturated heterocycles. The average molecular weight is 253 g/mol. The largest absolute Gasteiger partial charge is 0.305 e. The van der Waals surface area contributed by atoms with Crippen LogP contribution in [0.25, 0.3) is 0 Å². The SMILES string of the molecule is CC(NCc1cccs1)c1ccc(Cl)nc1. The van der Waals surface area contributed by atoms with E-state index in [1.54, 1.807) is 11.3 Å². The first kappa shape index (κ1) is 11.6. The van der Waals surface area contributed by atoms with Crippen molar-refractivity contribution >= 4 is 22.9 Å². The van der Waals surface area contributed by atoms with Crippen LogP contribution in [0, 0.1) is 0 Å². The molecule has 1 N–H and O–H groups in total. The van der Waals surface area contributed by atoms with Crippen molar-refractivity contribution in [3.05, 3.63) is 51.4 Å². The lowest BCUT2D eigenvalue weighted by molar-refractivity contribution is 0.577. The highest BCUT2D eigenvalue weighted by Crippen LogP contribution is 2.15. The van der Waals surface area contributed by atoms with Gasteiger partial charge in [-0.2, -0.15) is 0 Å². The number of rotatable bonds is 4. The van der Waals surface area contributed by atoms with Gasteiger partial charge in [0.1, 0.15) is 5.15 Å². The summed E-state index contributed by atoms with van der Waals surface area (Å²) < 4.78 is 0. The maximum Gasteiger partial charge on any atom is 0.129 e. The summed E-state index contributed by atoms with van der Waals surface area (Å²) in [7, 11) is 0. The van der Waals surface area contributed by atoms with Crippen molar-refractivity contribution in [2.24, 2.45) is 0 Å². The normalized spacial score (nSPS) is 12.6. The van der Waals surface area contributed by atoms with E-state index in [1.165, 1.54) is 4.88 Å². The number of aromatic nitrogens is 1. The summed E-state index contributed by atoms with van der Waals surface area (Å²) in [6, 6.07) is 8.30. The maximum atomic E-state index is 5.74. The third-order valence-corrected chi connectivity index (χ3v) is 3.51. The van der Waals surface area contributed by atoms with Crippen molar-refractivity contribution in [2.75, 3.05) is 0 Å². The number of pyridine rings is 1. The predicted molar refractivity (Wildman–Crippen MR) is 68.8 cm³/mol. The second-order valence-electron chi connectivity index (χ2n) is 3.60. The second-order valence-corrected chi connectivity index (χ2v) is 5.02. The molecule has 0 amide bonds. The summed E-state index contributed by atoms with van der Waals surface area (Å²) in [5.41, 5.74) is 1.15. The Kier molecular flexibility index (Phi) is 3.93. The summed E-state index contributed by atoms with van der Waals surface area (Å²) in [5.74, 6) is 0. The summed E-state index contributed by atoms with van der Waals surface area (Å²) >= 11 is 7.51. The number of thiophene rings is 1. The fraction of sp³-hybridized carbons (Fsp3) is 0.250. The molecule has 0 aliphatic carbocycles. The zero-order valence-electron chi connectivity index (χ0n) is 8.98. The van der Waals surface area contributed by atoms with Gasteiger partial charge < -0.3 is 5.32 Å². The van der Waals surface area contributed by atoms with Crippen molar-refractivity contribution < 1.29 is 0 Å². The fourth-order valence-corrected chi connectivity index (χ4v) is 2.20. The monoisotopic (exact) mass is 252 g/mol. The molecular formula is C12H13ClN2S. The van der Waals surface area contributed by atoms with E-state index >= 15 is 0 Å². The van der Waals surface area contributed by atoms with Crippen LogP contribution in [0.2, 0.25) is 5.15 Å². The first-order valence-corrected chi connectivity index (χ1v) is 6.38. The molecule has 2 heterocycles. The molecule has 84 valence electrons. The number of nitrogens with zero attached hydrogens (tertiary/aromatic N) is 1. The molecule has 2 nitrogen and oxygen atoms in total. The van der Waals surface area contributed by atoms with Gasteiger partial charge in [-0.3, -0.25) is 0 Å². The molecule has 16 heavy (non-hydrogen) atoms. The van der Waals surface area contributed by atoms with Gasteiger partial charge >= 0.3 is 0 Å². The van der Waals surface area contributed by atoms with Crippen LogP contribution in [0.1, 0.15) is 23.4 Å². The van der Waals surface area contributed by atoms with Crippen LogP contribution in [0.15, 0.2) is 35.8 Å². The van der Waals surface area contributed by atoms with Gasteiger partial charge in [0.2, 0.25) is 0 Å². The molecule has 4 heteroatoms. The molecular weight excluding hydrogens is 240 g/mol. The maximum absolute atomic E-state index is 5.74. The van der Waals surface area contributed by atoms with E-state index < -0.39 is 0 Å². The van der Waals surface area contributed by atoms with Gasteiger partial charge in [0.25, 0.3) is 0 Å². The van der Waals surface area contributed by atoms with Crippen LogP contribution in [-0.2, 0) is 6.54 Å². The highest BCUT2D eigenvalue weighted by molar-refractivity contribution is 7.09. The van der Waals surface area contributed by atoms with Gasteiger partial charge in [-0.1, -0.05) is 23.7 Å². The van der Waals surface area contributed by atoms with Crippen LogP contribution in [0.3, 0.4) is 0 Å². The minimum atomic E-state index is 0.284. The Morgan fingerprint density at radius 1 is 1.44 bits per heavy atom. The van der Waals surface area contributed by atoms with Crippen molar-refractivity contribution in [1.29, 1.82) is 0 Å². The van der Waals surface area contributed by atoms with E-state index in [0.29, 0.717) is 5.15 Å². The molecule has 2 rings (SSSR count). The molecule has 0 aliphatic heterocycles.